The third kappa shape index (κ3) is 3.04. The summed E-state index contributed by atoms with van der Waals surface area (Å²) in [5.41, 5.74) is 1.98. The van der Waals surface area contributed by atoms with Gasteiger partial charge in [-0.2, -0.15) is 0 Å². The van der Waals surface area contributed by atoms with Gasteiger partial charge in [0.05, 0.1) is 6.04 Å². The molecule has 96 valence electrons. The standard InChI is InChI=1S/C16H14ClNO/c1-2-18(16(17)19)15(13-9-5-3-6-10-13)14-11-7-4-8-12-14/h2-12,15H,1H2. The van der Waals surface area contributed by atoms with Crippen LogP contribution in [-0.4, -0.2) is 10.3 Å². The SMILES string of the molecule is C=CN(C(=O)Cl)C(c1ccccc1)c1ccccc1. The Morgan fingerprint density at radius 3 is 1.74 bits per heavy atom. The van der Waals surface area contributed by atoms with Crippen molar-refractivity contribution in [2.75, 3.05) is 0 Å². The van der Waals surface area contributed by atoms with E-state index in [9.17, 15) is 4.79 Å². The van der Waals surface area contributed by atoms with Crippen LogP contribution in [0.3, 0.4) is 0 Å². The average Bonchev–Trinajstić information content (AvgIpc) is 2.46. The van der Waals surface area contributed by atoms with E-state index in [2.05, 4.69) is 6.58 Å². The predicted octanol–water partition coefficient (Wildman–Crippen LogP) is 4.58. The van der Waals surface area contributed by atoms with Gasteiger partial charge in [-0.3, -0.25) is 9.69 Å². The fourth-order valence-corrected chi connectivity index (χ4v) is 2.23. The molecule has 2 aromatic carbocycles. The fourth-order valence-electron chi connectivity index (χ4n) is 2.06. The van der Waals surface area contributed by atoms with Crippen LogP contribution in [0.2, 0.25) is 0 Å². The first-order chi connectivity index (χ1) is 9.24. The molecule has 0 aromatic heterocycles. The van der Waals surface area contributed by atoms with Crippen molar-refractivity contribution in [1.82, 2.24) is 4.90 Å². The molecule has 0 aliphatic rings. The molecule has 0 bridgehead atoms. The summed E-state index contributed by atoms with van der Waals surface area (Å²) < 4.78 is 0. The first-order valence-corrected chi connectivity index (χ1v) is 6.32. The lowest BCUT2D eigenvalue weighted by Crippen LogP contribution is -2.26. The van der Waals surface area contributed by atoms with Gasteiger partial charge in [0.2, 0.25) is 0 Å². The molecule has 0 N–H and O–H groups in total. The van der Waals surface area contributed by atoms with Gasteiger partial charge in [0, 0.05) is 6.20 Å². The van der Waals surface area contributed by atoms with Gasteiger partial charge in [-0.05, 0) is 22.7 Å². The third-order valence-corrected chi connectivity index (χ3v) is 3.10. The van der Waals surface area contributed by atoms with Crippen molar-refractivity contribution in [1.29, 1.82) is 0 Å². The highest BCUT2D eigenvalue weighted by molar-refractivity contribution is 6.63. The summed E-state index contributed by atoms with van der Waals surface area (Å²) in [6.45, 7) is 3.67. The largest absolute Gasteiger partial charge is 0.321 e. The van der Waals surface area contributed by atoms with E-state index < -0.39 is 5.37 Å². The van der Waals surface area contributed by atoms with Crippen LogP contribution in [0, 0.1) is 0 Å². The van der Waals surface area contributed by atoms with Crippen molar-refractivity contribution in [3.8, 4) is 0 Å². The second-order valence-corrected chi connectivity index (χ2v) is 4.39. The van der Waals surface area contributed by atoms with Crippen LogP contribution in [-0.2, 0) is 0 Å². The zero-order valence-electron chi connectivity index (χ0n) is 10.4. The van der Waals surface area contributed by atoms with Crippen molar-refractivity contribution in [2.45, 2.75) is 6.04 Å². The highest BCUT2D eigenvalue weighted by Crippen LogP contribution is 2.29. The molecule has 2 nitrogen and oxygen atoms in total. The maximum Gasteiger partial charge on any atom is 0.321 e. The molecule has 0 fully saturated rings. The lowest BCUT2D eigenvalue weighted by Gasteiger charge is -2.27. The van der Waals surface area contributed by atoms with Gasteiger partial charge in [-0.25, -0.2) is 0 Å². The summed E-state index contributed by atoms with van der Waals surface area (Å²) >= 11 is 5.65. The van der Waals surface area contributed by atoms with Gasteiger partial charge in [-0.1, -0.05) is 67.2 Å². The van der Waals surface area contributed by atoms with Gasteiger partial charge in [0.15, 0.2) is 0 Å². The van der Waals surface area contributed by atoms with E-state index in [1.807, 2.05) is 60.7 Å². The molecule has 2 aromatic rings. The van der Waals surface area contributed by atoms with Crippen LogP contribution in [0.4, 0.5) is 4.79 Å². The van der Waals surface area contributed by atoms with Crippen molar-refractivity contribution >= 4 is 17.0 Å². The van der Waals surface area contributed by atoms with E-state index >= 15 is 0 Å². The Morgan fingerprint density at radius 1 is 1.00 bits per heavy atom. The van der Waals surface area contributed by atoms with Gasteiger partial charge in [0.25, 0.3) is 0 Å². The minimum atomic E-state index is -0.548. The number of amides is 1. The number of hydrogen-bond donors (Lipinski definition) is 0. The molecule has 0 atom stereocenters. The molecular formula is C16H14ClNO. The Hall–Kier alpha value is -2.06. The predicted molar refractivity (Wildman–Crippen MR) is 78.0 cm³/mol. The molecule has 1 amide bonds. The summed E-state index contributed by atoms with van der Waals surface area (Å²) in [5.74, 6) is 0. The van der Waals surface area contributed by atoms with Crippen molar-refractivity contribution in [3.63, 3.8) is 0 Å². The number of halogens is 1. The molecule has 0 spiro atoms. The van der Waals surface area contributed by atoms with E-state index in [0.29, 0.717) is 0 Å². The van der Waals surface area contributed by atoms with E-state index in [1.165, 1.54) is 11.1 Å². The van der Waals surface area contributed by atoms with E-state index in [4.69, 9.17) is 11.6 Å². The topological polar surface area (TPSA) is 20.3 Å². The van der Waals surface area contributed by atoms with Gasteiger partial charge >= 0.3 is 5.37 Å². The molecule has 2 rings (SSSR count). The Bertz CT molecular complexity index is 514. The number of rotatable bonds is 4. The van der Waals surface area contributed by atoms with Gasteiger partial charge < -0.3 is 0 Å². The Balaban J connectivity index is 2.51. The molecule has 0 saturated carbocycles. The lowest BCUT2D eigenvalue weighted by molar-refractivity contribution is 0.230. The van der Waals surface area contributed by atoms with Crippen LogP contribution in [0.1, 0.15) is 17.2 Å². The minimum absolute atomic E-state index is 0.259. The number of benzene rings is 2. The van der Waals surface area contributed by atoms with Crippen LogP contribution in [0.15, 0.2) is 73.4 Å². The summed E-state index contributed by atoms with van der Waals surface area (Å²) in [4.78, 5) is 13.0. The summed E-state index contributed by atoms with van der Waals surface area (Å²) in [5, 5.41) is -0.548. The maximum atomic E-state index is 11.6. The first-order valence-electron chi connectivity index (χ1n) is 5.94. The molecule has 3 heteroatoms. The summed E-state index contributed by atoms with van der Waals surface area (Å²) in [6.07, 6.45) is 1.46. The van der Waals surface area contributed by atoms with Crippen LogP contribution in [0.25, 0.3) is 0 Å². The highest BCUT2D eigenvalue weighted by Gasteiger charge is 2.23. The molecular weight excluding hydrogens is 258 g/mol. The quantitative estimate of drug-likeness (QED) is 0.589. The molecule has 0 radical (unpaired) electrons. The molecule has 0 aliphatic heterocycles. The Kier molecular flexibility index (Phi) is 4.37. The molecule has 0 saturated heterocycles. The molecule has 0 unspecified atom stereocenters. The summed E-state index contributed by atoms with van der Waals surface area (Å²) in [6, 6.07) is 19.2. The Labute approximate surface area is 117 Å². The third-order valence-electron chi connectivity index (χ3n) is 2.91. The zero-order valence-corrected chi connectivity index (χ0v) is 11.1. The highest BCUT2D eigenvalue weighted by atomic mass is 35.5. The normalized spacial score (nSPS) is 10.2. The maximum absolute atomic E-state index is 11.6. The smallest absolute Gasteiger partial charge is 0.295 e. The lowest BCUT2D eigenvalue weighted by atomic mass is 9.98. The van der Waals surface area contributed by atoms with Crippen LogP contribution in [0.5, 0.6) is 0 Å². The Morgan fingerprint density at radius 2 is 1.42 bits per heavy atom. The van der Waals surface area contributed by atoms with E-state index in [-0.39, 0.29) is 6.04 Å². The average molecular weight is 272 g/mol. The van der Waals surface area contributed by atoms with Crippen LogP contribution >= 0.6 is 11.6 Å². The number of carbonyl (C=O) groups excluding carboxylic acids is 1. The van der Waals surface area contributed by atoms with E-state index in [1.54, 1.807) is 0 Å². The van der Waals surface area contributed by atoms with Crippen molar-refractivity contribution < 1.29 is 4.79 Å². The monoisotopic (exact) mass is 271 g/mol. The molecule has 19 heavy (non-hydrogen) atoms. The number of hydrogen-bond acceptors (Lipinski definition) is 1. The molecule has 0 aliphatic carbocycles. The number of nitrogens with zero attached hydrogens (tertiary/aromatic N) is 1. The second kappa shape index (κ2) is 6.21. The van der Waals surface area contributed by atoms with Gasteiger partial charge in [-0.15, -0.1) is 0 Å². The minimum Gasteiger partial charge on any atom is -0.295 e. The van der Waals surface area contributed by atoms with Crippen LogP contribution < -0.4 is 0 Å². The van der Waals surface area contributed by atoms with Gasteiger partial charge in [0.1, 0.15) is 0 Å². The summed E-state index contributed by atoms with van der Waals surface area (Å²) in [7, 11) is 0. The van der Waals surface area contributed by atoms with Crippen molar-refractivity contribution in [2.24, 2.45) is 0 Å². The second-order valence-electron chi connectivity index (χ2n) is 4.07. The first kappa shape index (κ1) is 13.4. The number of carbonyl (C=O) groups is 1. The fraction of sp³-hybridized carbons (Fsp3) is 0.0625. The zero-order chi connectivity index (χ0) is 13.7. The molecule has 0 heterocycles. The van der Waals surface area contributed by atoms with E-state index in [0.717, 1.165) is 11.1 Å². The van der Waals surface area contributed by atoms with Crippen molar-refractivity contribution in [3.05, 3.63) is 84.6 Å².